The molecule has 8 nitrogen and oxygen atoms in total. The molecule has 0 radical (unpaired) electrons. The molecule has 1 unspecified atom stereocenters. The van der Waals surface area contributed by atoms with Crippen molar-refractivity contribution in [3.8, 4) is 0 Å². The van der Waals surface area contributed by atoms with Crippen molar-refractivity contribution in [3.63, 3.8) is 0 Å². The Bertz CT molecular complexity index is 824. The third-order valence-electron chi connectivity index (χ3n) is 5.80. The summed E-state index contributed by atoms with van der Waals surface area (Å²) < 4.78 is 5.87. The van der Waals surface area contributed by atoms with E-state index >= 15 is 0 Å². The summed E-state index contributed by atoms with van der Waals surface area (Å²) in [5.41, 5.74) is 7.26. The zero-order chi connectivity index (χ0) is 20.1. The molecule has 4 rings (SSSR count). The van der Waals surface area contributed by atoms with Crippen molar-refractivity contribution in [2.45, 2.75) is 69.6 Å². The van der Waals surface area contributed by atoms with Crippen molar-refractivity contribution >= 4 is 17.7 Å². The lowest BCUT2D eigenvalue weighted by Crippen LogP contribution is -2.58. The minimum atomic E-state index is -0.992. The van der Waals surface area contributed by atoms with E-state index in [4.69, 9.17) is 10.5 Å². The topological polar surface area (TPSA) is 114 Å². The van der Waals surface area contributed by atoms with Crippen molar-refractivity contribution in [1.82, 2.24) is 15.5 Å². The van der Waals surface area contributed by atoms with Crippen molar-refractivity contribution in [2.75, 3.05) is 0 Å². The average Bonchev–Trinajstić information content (AvgIpc) is 2.85. The molecule has 8 heteroatoms. The first-order valence-electron chi connectivity index (χ1n) is 9.71. The second-order valence-corrected chi connectivity index (χ2v) is 8.25. The molecule has 0 saturated carbocycles. The minimum Gasteiger partial charge on any atom is -0.347 e. The molecule has 0 spiro atoms. The van der Waals surface area contributed by atoms with Gasteiger partial charge in [0.05, 0.1) is 24.1 Å². The summed E-state index contributed by atoms with van der Waals surface area (Å²) in [7, 11) is 0. The maximum atomic E-state index is 13.3. The lowest BCUT2D eigenvalue weighted by Gasteiger charge is -2.33. The van der Waals surface area contributed by atoms with Gasteiger partial charge in [-0.1, -0.05) is 24.3 Å². The minimum absolute atomic E-state index is 0.113. The van der Waals surface area contributed by atoms with Gasteiger partial charge in [-0.25, -0.2) is 0 Å². The van der Waals surface area contributed by atoms with E-state index in [1.165, 1.54) is 10.5 Å². The molecule has 4 atom stereocenters. The van der Waals surface area contributed by atoms with Crippen molar-refractivity contribution < 1.29 is 19.1 Å². The quantitative estimate of drug-likeness (QED) is 0.677. The number of hydrogen-bond donors (Lipinski definition) is 3. The predicted octanol–water partition coefficient (Wildman–Crippen LogP) is 0.317. The van der Waals surface area contributed by atoms with Gasteiger partial charge in [-0.3, -0.25) is 19.3 Å². The normalized spacial score (nSPS) is 31.5. The first-order valence-corrected chi connectivity index (χ1v) is 9.71. The number of fused-ring (bicyclic) bond motifs is 2. The second kappa shape index (κ2) is 6.86. The highest BCUT2D eigenvalue weighted by Crippen LogP contribution is 2.35. The lowest BCUT2D eigenvalue weighted by atomic mass is 9.87. The molecular weight excluding hydrogens is 360 g/mol. The van der Waals surface area contributed by atoms with Gasteiger partial charge >= 0.3 is 0 Å². The number of rotatable bonds is 2. The molecule has 1 aliphatic carbocycles. The van der Waals surface area contributed by atoms with Gasteiger partial charge < -0.3 is 21.1 Å². The molecule has 28 heavy (non-hydrogen) atoms. The molecule has 0 bridgehead atoms. The average molecular weight is 386 g/mol. The van der Waals surface area contributed by atoms with Crippen LogP contribution in [0.4, 0.5) is 0 Å². The highest BCUT2D eigenvalue weighted by molar-refractivity contribution is 5.95. The predicted molar refractivity (Wildman–Crippen MR) is 101 cm³/mol. The van der Waals surface area contributed by atoms with E-state index < -0.39 is 29.9 Å². The maximum absolute atomic E-state index is 13.3. The Morgan fingerprint density at radius 1 is 1.32 bits per heavy atom. The molecule has 2 aliphatic heterocycles. The van der Waals surface area contributed by atoms with Crippen LogP contribution in [0.1, 0.15) is 50.3 Å². The number of carbonyl (C=O) groups is 3. The smallest absolute Gasteiger partial charge is 0.246 e. The van der Waals surface area contributed by atoms with Gasteiger partial charge in [0.15, 0.2) is 0 Å². The van der Waals surface area contributed by atoms with Gasteiger partial charge in [0.2, 0.25) is 24.1 Å². The second-order valence-electron chi connectivity index (χ2n) is 8.25. The molecule has 1 aromatic carbocycles. The molecular formula is C20H26N4O4. The van der Waals surface area contributed by atoms with E-state index in [0.29, 0.717) is 0 Å². The van der Waals surface area contributed by atoms with E-state index in [0.717, 1.165) is 24.8 Å². The highest BCUT2D eigenvalue weighted by Gasteiger charge is 2.56. The Labute approximate surface area is 163 Å². The van der Waals surface area contributed by atoms with Crippen LogP contribution in [0.2, 0.25) is 0 Å². The Kier molecular flexibility index (Phi) is 4.63. The van der Waals surface area contributed by atoms with E-state index in [1.54, 1.807) is 13.8 Å². The maximum Gasteiger partial charge on any atom is 0.246 e. The standard InChI is InChI=1S/C20H26N4O4/c1-20(2)16(24-18(27)13(21)10-15(25)23-19(24)28-20)17(26)22-14-9-5-7-11-6-3-4-8-12(11)14/h3-4,6,8,13-14,16,19H,5,7,9-10,21H2,1-2H3,(H,22,26)(H,23,25)/t13-,14+,16?,19+/m0/s1. The van der Waals surface area contributed by atoms with Crippen LogP contribution >= 0.6 is 0 Å². The molecule has 3 amide bonds. The zero-order valence-corrected chi connectivity index (χ0v) is 16.1. The van der Waals surface area contributed by atoms with Gasteiger partial charge in [-0.2, -0.15) is 0 Å². The largest absolute Gasteiger partial charge is 0.347 e. The van der Waals surface area contributed by atoms with Gasteiger partial charge in [0.25, 0.3) is 0 Å². The Balaban J connectivity index is 1.61. The lowest BCUT2D eigenvalue weighted by molar-refractivity contribution is -0.144. The third-order valence-corrected chi connectivity index (χ3v) is 5.80. The van der Waals surface area contributed by atoms with Crippen LogP contribution in [-0.4, -0.2) is 46.7 Å². The van der Waals surface area contributed by atoms with Gasteiger partial charge in [0, 0.05) is 0 Å². The Hall–Kier alpha value is -2.45. The molecule has 1 aromatic rings. The zero-order valence-electron chi connectivity index (χ0n) is 16.1. The molecule has 3 aliphatic rings. The first-order chi connectivity index (χ1) is 13.3. The Morgan fingerprint density at radius 2 is 2.07 bits per heavy atom. The van der Waals surface area contributed by atoms with Crippen LogP contribution < -0.4 is 16.4 Å². The number of hydrogen-bond acceptors (Lipinski definition) is 5. The number of nitrogens with zero attached hydrogens (tertiary/aromatic N) is 1. The SMILES string of the molecule is CC1(C)O[C@@H]2NC(=O)C[C@H](N)C(=O)N2C1C(=O)N[C@@H]1CCCc2ccccc21. The summed E-state index contributed by atoms with van der Waals surface area (Å²) in [4.78, 5) is 39.4. The number of carbonyl (C=O) groups excluding carboxylic acids is 3. The van der Waals surface area contributed by atoms with Gasteiger partial charge in [-0.15, -0.1) is 0 Å². The van der Waals surface area contributed by atoms with Crippen LogP contribution in [0.3, 0.4) is 0 Å². The summed E-state index contributed by atoms with van der Waals surface area (Å²) in [5, 5.41) is 5.75. The molecule has 2 heterocycles. The molecule has 2 fully saturated rings. The van der Waals surface area contributed by atoms with Crippen LogP contribution in [-0.2, 0) is 25.5 Å². The highest BCUT2D eigenvalue weighted by atomic mass is 16.6. The molecule has 150 valence electrons. The van der Waals surface area contributed by atoms with Crippen molar-refractivity contribution in [1.29, 1.82) is 0 Å². The Morgan fingerprint density at radius 3 is 2.86 bits per heavy atom. The number of nitrogens with two attached hydrogens (primary N) is 1. The number of aryl methyl sites for hydroxylation is 1. The number of nitrogens with one attached hydrogen (secondary N) is 2. The molecule has 0 aromatic heterocycles. The summed E-state index contributed by atoms with van der Waals surface area (Å²) in [6, 6.07) is 6.09. The summed E-state index contributed by atoms with van der Waals surface area (Å²) in [6.07, 6.45) is 1.70. The van der Waals surface area contributed by atoms with E-state index in [9.17, 15) is 14.4 Å². The van der Waals surface area contributed by atoms with Crippen molar-refractivity contribution in [2.24, 2.45) is 5.73 Å². The first kappa shape index (κ1) is 18.9. The molecule has 4 N–H and O–H groups in total. The van der Waals surface area contributed by atoms with E-state index in [2.05, 4.69) is 16.7 Å². The van der Waals surface area contributed by atoms with Crippen molar-refractivity contribution in [3.05, 3.63) is 35.4 Å². The van der Waals surface area contributed by atoms with Crippen LogP contribution in [0, 0.1) is 0 Å². The van der Waals surface area contributed by atoms with Gasteiger partial charge in [-0.05, 0) is 44.2 Å². The fourth-order valence-corrected chi connectivity index (χ4v) is 4.49. The number of amides is 3. The third kappa shape index (κ3) is 3.16. The van der Waals surface area contributed by atoms with Crippen LogP contribution in [0.25, 0.3) is 0 Å². The van der Waals surface area contributed by atoms with Gasteiger partial charge in [0.1, 0.15) is 6.04 Å². The summed E-state index contributed by atoms with van der Waals surface area (Å²) in [6.45, 7) is 3.48. The number of ether oxygens (including phenoxy) is 1. The van der Waals surface area contributed by atoms with E-state index in [-0.39, 0.29) is 24.3 Å². The number of benzene rings is 1. The van der Waals surface area contributed by atoms with Crippen LogP contribution in [0.5, 0.6) is 0 Å². The fraction of sp³-hybridized carbons (Fsp3) is 0.550. The summed E-state index contributed by atoms with van der Waals surface area (Å²) >= 11 is 0. The molecule has 2 saturated heterocycles. The monoisotopic (exact) mass is 386 g/mol. The van der Waals surface area contributed by atoms with E-state index in [1.807, 2.05) is 18.2 Å². The van der Waals surface area contributed by atoms with Crippen LogP contribution in [0.15, 0.2) is 24.3 Å². The fourth-order valence-electron chi connectivity index (χ4n) is 4.49. The summed E-state index contributed by atoms with van der Waals surface area (Å²) in [5.74, 6) is -1.13.